The summed E-state index contributed by atoms with van der Waals surface area (Å²) in [6.07, 6.45) is 2.40. The molecule has 0 aliphatic carbocycles. The van der Waals surface area contributed by atoms with Gasteiger partial charge in [0.2, 0.25) is 0 Å². The Morgan fingerprint density at radius 3 is 2.25 bits per heavy atom. The van der Waals surface area contributed by atoms with Crippen LogP contribution in [0.25, 0.3) is 0 Å². The van der Waals surface area contributed by atoms with Crippen LogP contribution in [0, 0.1) is 0 Å². The molecule has 2 aromatic carbocycles. The molecule has 0 saturated heterocycles. The van der Waals surface area contributed by atoms with Gasteiger partial charge >= 0.3 is 0 Å². The van der Waals surface area contributed by atoms with Gasteiger partial charge in [0.1, 0.15) is 0 Å². The van der Waals surface area contributed by atoms with Gasteiger partial charge in [-0.05, 0) is 24.1 Å². The number of benzene rings is 2. The number of hydrogen-bond donors (Lipinski definition) is 1. The number of thioether (sulfide) groups is 1. The van der Waals surface area contributed by atoms with Crippen molar-refractivity contribution < 1.29 is 0 Å². The fraction of sp³-hybridized carbons (Fsp3) is 0.333. The molecule has 1 unspecified atom stereocenters. The first-order valence-corrected chi connectivity index (χ1v) is 8.35. The Labute approximate surface area is 126 Å². The van der Waals surface area contributed by atoms with Crippen molar-refractivity contribution in [3.8, 4) is 0 Å². The van der Waals surface area contributed by atoms with E-state index in [-0.39, 0.29) is 0 Å². The lowest BCUT2D eigenvalue weighted by atomic mass is 10.0. The number of rotatable bonds is 8. The third-order valence-electron chi connectivity index (χ3n) is 3.28. The molecule has 0 aromatic heterocycles. The van der Waals surface area contributed by atoms with Crippen molar-refractivity contribution in [1.82, 2.24) is 5.32 Å². The SMILES string of the molecule is CCCC(NCCSc1ccccc1)c1ccccc1. The highest BCUT2D eigenvalue weighted by Crippen LogP contribution is 2.19. The summed E-state index contributed by atoms with van der Waals surface area (Å²) in [6, 6.07) is 21.9. The van der Waals surface area contributed by atoms with Crippen molar-refractivity contribution in [2.75, 3.05) is 12.3 Å². The number of hydrogen-bond acceptors (Lipinski definition) is 2. The third kappa shape index (κ3) is 5.03. The molecule has 2 rings (SSSR count). The minimum atomic E-state index is 0.484. The molecule has 0 amide bonds. The Balaban J connectivity index is 1.78. The summed E-state index contributed by atoms with van der Waals surface area (Å²) in [4.78, 5) is 1.35. The average Bonchev–Trinajstić information content (AvgIpc) is 2.52. The lowest BCUT2D eigenvalue weighted by Crippen LogP contribution is -2.23. The molecular formula is C18H23NS. The second-order valence-electron chi connectivity index (χ2n) is 4.87. The minimum Gasteiger partial charge on any atom is -0.309 e. The molecule has 1 atom stereocenters. The van der Waals surface area contributed by atoms with Crippen molar-refractivity contribution >= 4 is 11.8 Å². The molecule has 1 nitrogen and oxygen atoms in total. The van der Waals surface area contributed by atoms with Gasteiger partial charge in [-0.25, -0.2) is 0 Å². The molecule has 2 heteroatoms. The molecule has 20 heavy (non-hydrogen) atoms. The Kier molecular flexibility index (Phi) is 6.69. The van der Waals surface area contributed by atoms with Crippen molar-refractivity contribution in [3.05, 3.63) is 66.2 Å². The summed E-state index contributed by atoms with van der Waals surface area (Å²) in [5.74, 6) is 1.11. The smallest absolute Gasteiger partial charge is 0.0320 e. The summed E-state index contributed by atoms with van der Waals surface area (Å²) in [5, 5.41) is 3.69. The zero-order valence-corrected chi connectivity index (χ0v) is 12.9. The van der Waals surface area contributed by atoms with E-state index in [0.717, 1.165) is 12.3 Å². The second kappa shape index (κ2) is 8.83. The van der Waals surface area contributed by atoms with Gasteiger partial charge < -0.3 is 5.32 Å². The predicted molar refractivity (Wildman–Crippen MR) is 89.3 cm³/mol. The molecule has 0 radical (unpaired) electrons. The Morgan fingerprint density at radius 2 is 1.60 bits per heavy atom. The van der Waals surface area contributed by atoms with Crippen molar-refractivity contribution in [2.45, 2.75) is 30.7 Å². The van der Waals surface area contributed by atoms with Gasteiger partial charge in [-0.1, -0.05) is 61.9 Å². The maximum Gasteiger partial charge on any atom is 0.0320 e. The molecule has 0 fully saturated rings. The van der Waals surface area contributed by atoms with Gasteiger partial charge in [-0.2, -0.15) is 0 Å². The van der Waals surface area contributed by atoms with Crippen LogP contribution in [0.2, 0.25) is 0 Å². The van der Waals surface area contributed by atoms with E-state index in [1.165, 1.54) is 23.3 Å². The van der Waals surface area contributed by atoms with Crippen LogP contribution in [-0.4, -0.2) is 12.3 Å². The van der Waals surface area contributed by atoms with Crippen molar-refractivity contribution in [3.63, 3.8) is 0 Å². The monoisotopic (exact) mass is 285 g/mol. The molecule has 2 aromatic rings. The van der Waals surface area contributed by atoms with Crippen LogP contribution in [-0.2, 0) is 0 Å². The van der Waals surface area contributed by atoms with Crippen LogP contribution >= 0.6 is 11.8 Å². The predicted octanol–water partition coefficient (Wildman–Crippen LogP) is 4.91. The molecule has 0 spiro atoms. The largest absolute Gasteiger partial charge is 0.309 e. The zero-order chi connectivity index (χ0) is 14.0. The summed E-state index contributed by atoms with van der Waals surface area (Å²) in [7, 11) is 0. The third-order valence-corrected chi connectivity index (χ3v) is 4.30. The molecular weight excluding hydrogens is 262 g/mol. The molecule has 0 bridgehead atoms. The minimum absolute atomic E-state index is 0.484. The van der Waals surface area contributed by atoms with Crippen LogP contribution in [0.3, 0.4) is 0 Å². The normalized spacial score (nSPS) is 12.2. The lowest BCUT2D eigenvalue weighted by Gasteiger charge is -2.18. The standard InChI is InChI=1S/C18H23NS/c1-2-9-18(16-10-5-3-6-11-16)19-14-15-20-17-12-7-4-8-13-17/h3-8,10-13,18-19H,2,9,14-15H2,1H3. The van der Waals surface area contributed by atoms with E-state index in [2.05, 4.69) is 72.9 Å². The van der Waals surface area contributed by atoms with E-state index in [4.69, 9.17) is 0 Å². The van der Waals surface area contributed by atoms with E-state index in [0.29, 0.717) is 6.04 Å². The molecule has 1 N–H and O–H groups in total. The Bertz CT molecular complexity index is 469. The van der Waals surface area contributed by atoms with Crippen molar-refractivity contribution in [1.29, 1.82) is 0 Å². The first-order valence-electron chi connectivity index (χ1n) is 7.36. The summed E-state index contributed by atoms with van der Waals surface area (Å²) < 4.78 is 0. The Morgan fingerprint density at radius 1 is 0.950 bits per heavy atom. The zero-order valence-electron chi connectivity index (χ0n) is 12.1. The fourth-order valence-corrected chi connectivity index (χ4v) is 3.08. The van der Waals surface area contributed by atoms with E-state index in [1.807, 2.05) is 11.8 Å². The van der Waals surface area contributed by atoms with E-state index < -0.39 is 0 Å². The average molecular weight is 285 g/mol. The van der Waals surface area contributed by atoms with Gasteiger partial charge in [0.05, 0.1) is 0 Å². The molecule has 0 aliphatic heterocycles. The van der Waals surface area contributed by atoms with Gasteiger partial charge in [0.25, 0.3) is 0 Å². The maximum absolute atomic E-state index is 3.69. The van der Waals surface area contributed by atoms with Crippen LogP contribution in [0.4, 0.5) is 0 Å². The van der Waals surface area contributed by atoms with Crippen LogP contribution in [0.5, 0.6) is 0 Å². The number of nitrogens with one attached hydrogen (secondary N) is 1. The summed E-state index contributed by atoms with van der Waals surface area (Å²) in [5.41, 5.74) is 1.40. The highest BCUT2D eigenvalue weighted by atomic mass is 32.2. The van der Waals surface area contributed by atoms with E-state index in [1.54, 1.807) is 0 Å². The topological polar surface area (TPSA) is 12.0 Å². The highest BCUT2D eigenvalue weighted by molar-refractivity contribution is 7.99. The van der Waals surface area contributed by atoms with Gasteiger partial charge in [0, 0.05) is 23.2 Å². The second-order valence-corrected chi connectivity index (χ2v) is 6.04. The quantitative estimate of drug-likeness (QED) is 0.546. The van der Waals surface area contributed by atoms with Crippen molar-refractivity contribution in [2.24, 2.45) is 0 Å². The highest BCUT2D eigenvalue weighted by Gasteiger charge is 2.08. The molecule has 0 saturated carbocycles. The molecule has 106 valence electrons. The van der Waals surface area contributed by atoms with E-state index in [9.17, 15) is 0 Å². The van der Waals surface area contributed by atoms with Gasteiger partial charge in [-0.15, -0.1) is 11.8 Å². The van der Waals surface area contributed by atoms with Gasteiger partial charge in [-0.3, -0.25) is 0 Å². The van der Waals surface area contributed by atoms with Crippen LogP contribution < -0.4 is 5.32 Å². The first-order chi connectivity index (χ1) is 9.90. The van der Waals surface area contributed by atoms with Crippen LogP contribution in [0.15, 0.2) is 65.6 Å². The summed E-state index contributed by atoms with van der Waals surface area (Å²) in [6.45, 7) is 3.29. The molecule has 0 heterocycles. The fourth-order valence-electron chi connectivity index (χ4n) is 2.28. The summed E-state index contributed by atoms with van der Waals surface area (Å²) >= 11 is 1.91. The van der Waals surface area contributed by atoms with Gasteiger partial charge in [0.15, 0.2) is 0 Å². The lowest BCUT2D eigenvalue weighted by molar-refractivity contribution is 0.511. The van der Waals surface area contributed by atoms with E-state index >= 15 is 0 Å². The molecule has 0 aliphatic rings. The van der Waals surface area contributed by atoms with Crippen LogP contribution in [0.1, 0.15) is 31.4 Å². The maximum atomic E-state index is 3.69. The first kappa shape index (κ1) is 15.1. The Hall–Kier alpha value is -1.25.